The van der Waals surface area contributed by atoms with Crippen molar-refractivity contribution in [1.82, 2.24) is 10.2 Å². The number of carbonyl (C=O) groups is 1. The Morgan fingerprint density at radius 2 is 2.24 bits per heavy atom. The molecule has 3 atom stereocenters. The average Bonchev–Trinajstić information content (AvgIpc) is 2.62. The minimum absolute atomic E-state index is 0.0393. The van der Waals surface area contributed by atoms with Crippen LogP contribution in [0.25, 0.3) is 0 Å². The summed E-state index contributed by atoms with van der Waals surface area (Å²) in [4.78, 5) is 14.3. The number of amides is 1. The number of nitrogens with one attached hydrogen (secondary N) is 1. The first kappa shape index (κ1) is 12.8. The Balaban J connectivity index is 1.99. The number of methoxy groups -OCH3 is 1. The fraction of sp³-hybridized carbons (Fsp3) is 0.923. The minimum Gasteiger partial charge on any atom is -0.381 e. The first-order valence-corrected chi connectivity index (χ1v) is 6.59. The molecule has 1 heterocycles. The van der Waals surface area contributed by atoms with Crippen LogP contribution in [0.5, 0.6) is 0 Å². The first-order valence-electron chi connectivity index (χ1n) is 6.59. The number of likely N-dealkylation sites (tertiary alicyclic amines) is 1. The number of nitrogens with zero attached hydrogens (tertiary/aromatic N) is 1. The molecule has 2 rings (SSSR count). The van der Waals surface area contributed by atoms with Crippen molar-refractivity contribution in [2.24, 2.45) is 5.41 Å². The third-order valence-corrected chi connectivity index (χ3v) is 4.48. The molecule has 0 spiro atoms. The zero-order chi connectivity index (χ0) is 12.6. The van der Waals surface area contributed by atoms with E-state index in [2.05, 4.69) is 24.1 Å². The third-order valence-electron chi connectivity index (χ3n) is 4.48. The van der Waals surface area contributed by atoms with Crippen molar-refractivity contribution in [1.29, 1.82) is 0 Å². The molecular weight excluding hydrogens is 216 g/mol. The molecule has 98 valence electrons. The van der Waals surface area contributed by atoms with E-state index in [1.54, 1.807) is 7.11 Å². The van der Waals surface area contributed by atoms with Gasteiger partial charge >= 0.3 is 0 Å². The lowest BCUT2D eigenvalue weighted by Gasteiger charge is -2.54. The van der Waals surface area contributed by atoms with Crippen molar-refractivity contribution in [3.05, 3.63) is 0 Å². The lowest BCUT2D eigenvalue weighted by Crippen LogP contribution is -2.62. The Bertz CT molecular complexity index is 304. The summed E-state index contributed by atoms with van der Waals surface area (Å²) in [5.41, 5.74) is 0.0888. The van der Waals surface area contributed by atoms with Gasteiger partial charge in [-0.3, -0.25) is 4.79 Å². The molecule has 1 aliphatic heterocycles. The van der Waals surface area contributed by atoms with Crippen LogP contribution in [0.2, 0.25) is 0 Å². The molecule has 0 radical (unpaired) electrons. The average molecular weight is 240 g/mol. The maximum absolute atomic E-state index is 12.2. The van der Waals surface area contributed by atoms with E-state index in [1.165, 1.54) is 0 Å². The van der Waals surface area contributed by atoms with Crippen LogP contribution in [0.15, 0.2) is 0 Å². The van der Waals surface area contributed by atoms with Crippen LogP contribution in [0.4, 0.5) is 0 Å². The van der Waals surface area contributed by atoms with Crippen LogP contribution in [-0.4, -0.2) is 49.2 Å². The second kappa shape index (κ2) is 4.58. The Morgan fingerprint density at radius 1 is 1.53 bits per heavy atom. The van der Waals surface area contributed by atoms with Gasteiger partial charge in [0.25, 0.3) is 0 Å². The molecule has 3 unspecified atom stereocenters. The number of hydrogen-bond donors (Lipinski definition) is 1. The Kier molecular flexibility index (Phi) is 3.46. The van der Waals surface area contributed by atoms with Gasteiger partial charge in [-0.2, -0.15) is 0 Å². The summed E-state index contributed by atoms with van der Waals surface area (Å²) < 4.78 is 5.45. The van der Waals surface area contributed by atoms with Gasteiger partial charge in [-0.05, 0) is 19.4 Å². The van der Waals surface area contributed by atoms with Crippen molar-refractivity contribution in [3.8, 4) is 0 Å². The molecule has 1 N–H and O–H groups in total. The zero-order valence-corrected chi connectivity index (χ0v) is 11.3. The van der Waals surface area contributed by atoms with Gasteiger partial charge < -0.3 is 15.0 Å². The summed E-state index contributed by atoms with van der Waals surface area (Å²) in [5.74, 6) is 0.277. The second-order valence-corrected chi connectivity index (χ2v) is 5.73. The largest absolute Gasteiger partial charge is 0.381 e. The van der Waals surface area contributed by atoms with Crippen LogP contribution >= 0.6 is 0 Å². The first-order chi connectivity index (χ1) is 8.02. The van der Waals surface area contributed by atoms with Crippen molar-refractivity contribution in [3.63, 3.8) is 0 Å². The smallest absolute Gasteiger partial charge is 0.240 e. The number of carbonyl (C=O) groups excluding carboxylic acids is 1. The standard InChI is InChI=1S/C13H24N2O2/c1-5-14-9-6-7-15(12(9)16)10-8-11(17-4)13(10,2)3/h9-11,14H,5-8H2,1-4H3. The summed E-state index contributed by atoms with van der Waals surface area (Å²) in [7, 11) is 1.76. The van der Waals surface area contributed by atoms with Crippen molar-refractivity contribution < 1.29 is 9.53 Å². The van der Waals surface area contributed by atoms with Crippen LogP contribution < -0.4 is 5.32 Å². The highest BCUT2D eigenvalue weighted by atomic mass is 16.5. The lowest BCUT2D eigenvalue weighted by atomic mass is 9.64. The van der Waals surface area contributed by atoms with Gasteiger partial charge in [0, 0.05) is 25.1 Å². The maximum atomic E-state index is 12.2. The van der Waals surface area contributed by atoms with E-state index >= 15 is 0 Å². The van der Waals surface area contributed by atoms with E-state index in [9.17, 15) is 4.79 Å². The van der Waals surface area contributed by atoms with E-state index in [0.29, 0.717) is 12.1 Å². The predicted molar refractivity (Wildman–Crippen MR) is 66.8 cm³/mol. The van der Waals surface area contributed by atoms with Crippen LogP contribution in [0.1, 0.15) is 33.6 Å². The minimum atomic E-state index is 0.0393. The van der Waals surface area contributed by atoms with E-state index in [-0.39, 0.29) is 17.4 Å². The Hall–Kier alpha value is -0.610. The topological polar surface area (TPSA) is 41.6 Å². The predicted octanol–water partition coefficient (Wildman–Crippen LogP) is 1.01. The number of hydrogen-bond acceptors (Lipinski definition) is 3. The SMILES string of the molecule is CCNC1CCN(C2CC(OC)C2(C)C)C1=O. The molecule has 0 aromatic rings. The maximum Gasteiger partial charge on any atom is 0.240 e. The van der Waals surface area contributed by atoms with Crippen molar-refractivity contribution in [2.45, 2.75) is 51.8 Å². The van der Waals surface area contributed by atoms with Gasteiger partial charge in [0.2, 0.25) is 5.91 Å². The molecule has 2 aliphatic rings. The molecule has 0 aromatic heterocycles. The second-order valence-electron chi connectivity index (χ2n) is 5.73. The molecule has 1 saturated carbocycles. The summed E-state index contributed by atoms with van der Waals surface area (Å²) in [6.07, 6.45) is 2.21. The third kappa shape index (κ3) is 1.97. The molecule has 17 heavy (non-hydrogen) atoms. The van der Waals surface area contributed by atoms with Gasteiger partial charge in [-0.1, -0.05) is 20.8 Å². The molecule has 0 bridgehead atoms. The van der Waals surface area contributed by atoms with Gasteiger partial charge in [-0.15, -0.1) is 0 Å². The molecule has 1 aliphatic carbocycles. The summed E-state index contributed by atoms with van der Waals surface area (Å²) in [6.45, 7) is 8.19. The summed E-state index contributed by atoms with van der Waals surface area (Å²) in [5, 5.41) is 3.26. The van der Waals surface area contributed by atoms with Gasteiger partial charge in [0.15, 0.2) is 0 Å². The Labute approximate surface area is 104 Å². The number of likely N-dealkylation sites (N-methyl/N-ethyl adjacent to an activating group) is 1. The van der Waals surface area contributed by atoms with Crippen LogP contribution in [0, 0.1) is 5.41 Å². The molecule has 4 nitrogen and oxygen atoms in total. The van der Waals surface area contributed by atoms with E-state index in [0.717, 1.165) is 25.9 Å². The highest BCUT2D eigenvalue weighted by Crippen LogP contribution is 2.46. The molecule has 0 aromatic carbocycles. The summed E-state index contributed by atoms with van der Waals surface area (Å²) in [6, 6.07) is 0.390. The molecule has 2 fully saturated rings. The van der Waals surface area contributed by atoms with Gasteiger partial charge in [0.05, 0.1) is 12.1 Å². The molecule has 1 saturated heterocycles. The van der Waals surface area contributed by atoms with Crippen molar-refractivity contribution >= 4 is 5.91 Å². The van der Waals surface area contributed by atoms with Gasteiger partial charge in [-0.25, -0.2) is 0 Å². The fourth-order valence-electron chi connectivity index (χ4n) is 3.24. The molecular formula is C13H24N2O2. The highest BCUT2D eigenvalue weighted by molar-refractivity contribution is 5.84. The van der Waals surface area contributed by atoms with Crippen LogP contribution in [-0.2, 0) is 9.53 Å². The van der Waals surface area contributed by atoms with E-state index in [4.69, 9.17) is 4.74 Å². The molecule has 1 amide bonds. The van der Waals surface area contributed by atoms with E-state index in [1.807, 2.05) is 6.92 Å². The van der Waals surface area contributed by atoms with Crippen molar-refractivity contribution in [2.75, 3.05) is 20.2 Å². The fourth-order valence-corrected chi connectivity index (χ4v) is 3.24. The quantitative estimate of drug-likeness (QED) is 0.797. The number of rotatable bonds is 4. The lowest BCUT2D eigenvalue weighted by molar-refractivity contribution is -0.157. The monoisotopic (exact) mass is 240 g/mol. The van der Waals surface area contributed by atoms with Crippen LogP contribution in [0.3, 0.4) is 0 Å². The zero-order valence-electron chi connectivity index (χ0n) is 11.3. The van der Waals surface area contributed by atoms with Gasteiger partial charge in [0.1, 0.15) is 0 Å². The normalized spacial score (nSPS) is 36.1. The van der Waals surface area contributed by atoms with E-state index < -0.39 is 0 Å². The highest BCUT2D eigenvalue weighted by Gasteiger charge is 2.54. The summed E-state index contributed by atoms with van der Waals surface area (Å²) >= 11 is 0. The molecule has 4 heteroatoms. The number of ether oxygens (including phenoxy) is 1. The Morgan fingerprint density at radius 3 is 2.76 bits per heavy atom.